The molecule has 0 unspecified atom stereocenters. The van der Waals surface area contributed by atoms with Crippen LogP contribution in [0.3, 0.4) is 0 Å². The second kappa shape index (κ2) is 8.86. The average molecular weight is 557 g/mol. The lowest BCUT2D eigenvalue weighted by atomic mass is 9.81. The van der Waals surface area contributed by atoms with Gasteiger partial charge < -0.3 is 13.9 Å². The van der Waals surface area contributed by atoms with Crippen LogP contribution in [0.1, 0.15) is 36.1 Å². The lowest BCUT2D eigenvalue weighted by Crippen LogP contribution is -2.15. The zero-order valence-corrected chi connectivity index (χ0v) is 24.0. The van der Waals surface area contributed by atoms with E-state index in [0.29, 0.717) is 0 Å². The zero-order valence-electron chi connectivity index (χ0n) is 24.0. The van der Waals surface area contributed by atoms with E-state index in [0.717, 1.165) is 46.1 Å². The summed E-state index contributed by atoms with van der Waals surface area (Å²) >= 11 is 0. The van der Waals surface area contributed by atoms with Gasteiger partial charge in [-0.25, -0.2) is 0 Å². The van der Waals surface area contributed by atoms with Crippen LogP contribution < -0.4 is 9.47 Å². The third-order valence-electron chi connectivity index (χ3n) is 9.16. The van der Waals surface area contributed by atoms with Crippen molar-refractivity contribution in [1.82, 2.24) is 0 Å². The van der Waals surface area contributed by atoms with Crippen molar-refractivity contribution in [2.24, 2.45) is 0 Å². The van der Waals surface area contributed by atoms with Gasteiger partial charge in [0.05, 0.1) is 0 Å². The van der Waals surface area contributed by atoms with Gasteiger partial charge in [-0.05, 0) is 93.4 Å². The standard InChI is InChI=1S/C40H28O3/c1-40(2)32-20-24(19-25-12-16-31-30-7-3-4-8-34(30)41-38(31)21-25)11-15-28(32)29-17-13-26(22-33(29)40)27-14-18-37-39(23-27)43-36-10-6-5-9-35(36)42-37/h3-18,20-23H,19H2,1-2H3. The first kappa shape index (κ1) is 24.3. The normalized spacial score (nSPS) is 14.0. The molecule has 0 fully saturated rings. The quantitative estimate of drug-likeness (QED) is 0.217. The number of ether oxygens (including phenoxy) is 2. The number of hydrogen-bond donors (Lipinski definition) is 0. The number of para-hydroxylation sites is 3. The fraction of sp³-hybridized carbons (Fsp3) is 0.100. The maximum Gasteiger partial charge on any atom is 0.170 e. The molecule has 0 N–H and O–H groups in total. The molecule has 9 rings (SSSR count). The summed E-state index contributed by atoms with van der Waals surface area (Å²) in [5.41, 5.74) is 12.0. The van der Waals surface area contributed by atoms with Gasteiger partial charge in [-0.15, -0.1) is 0 Å². The zero-order chi connectivity index (χ0) is 28.7. The van der Waals surface area contributed by atoms with Gasteiger partial charge in [-0.2, -0.15) is 0 Å². The topological polar surface area (TPSA) is 31.6 Å². The predicted octanol–water partition coefficient (Wildman–Crippen LogP) is 11.0. The van der Waals surface area contributed by atoms with Crippen molar-refractivity contribution in [3.63, 3.8) is 0 Å². The fourth-order valence-electron chi connectivity index (χ4n) is 6.90. The van der Waals surface area contributed by atoms with Crippen molar-refractivity contribution in [3.05, 3.63) is 144 Å². The second-order valence-electron chi connectivity index (χ2n) is 12.2. The van der Waals surface area contributed by atoms with E-state index in [2.05, 4.69) is 92.7 Å². The van der Waals surface area contributed by atoms with Crippen molar-refractivity contribution in [1.29, 1.82) is 0 Å². The molecule has 0 bridgehead atoms. The van der Waals surface area contributed by atoms with Gasteiger partial charge in [0.1, 0.15) is 11.2 Å². The van der Waals surface area contributed by atoms with Crippen molar-refractivity contribution < 1.29 is 13.9 Å². The van der Waals surface area contributed by atoms with Gasteiger partial charge in [0.2, 0.25) is 0 Å². The fourth-order valence-corrected chi connectivity index (χ4v) is 6.90. The van der Waals surface area contributed by atoms with Crippen molar-refractivity contribution in [2.45, 2.75) is 25.7 Å². The highest BCUT2D eigenvalue weighted by molar-refractivity contribution is 6.04. The molecule has 3 heteroatoms. The molecule has 2 aliphatic rings. The molecule has 6 aromatic carbocycles. The van der Waals surface area contributed by atoms with Crippen LogP contribution in [0.15, 0.2) is 126 Å². The molecule has 0 saturated heterocycles. The molecular weight excluding hydrogens is 528 g/mol. The molecule has 2 heterocycles. The second-order valence-corrected chi connectivity index (χ2v) is 12.2. The Labute approximate surface area is 249 Å². The Morgan fingerprint density at radius 3 is 1.95 bits per heavy atom. The van der Waals surface area contributed by atoms with Crippen LogP contribution in [0.5, 0.6) is 23.0 Å². The van der Waals surface area contributed by atoms with E-state index in [1.54, 1.807) is 0 Å². The highest BCUT2D eigenvalue weighted by atomic mass is 16.6. The smallest absolute Gasteiger partial charge is 0.170 e. The molecule has 0 radical (unpaired) electrons. The Morgan fingerprint density at radius 2 is 1.09 bits per heavy atom. The minimum atomic E-state index is -0.119. The van der Waals surface area contributed by atoms with E-state index in [9.17, 15) is 0 Å². The largest absolute Gasteiger partial charge is 0.456 e. The van der Waals surface area contributed by atoms with Crippen LogP contribution in [0.4, 0.5) is 0 Å². The van der Waals surface area contributed by atoms with Crippen molar-refractivity contribution in [3.8, 4) is 45.3 Å². The third-order valence-corrected chi connectivity index (χ3v) is 9.16. The number of benzene rings is 6. The van der Waals surface area contributed by atoms with Crippen LogP contribution >= 0.6 is 0 Å². The maximum absolute atomic E-state index is 6.19. The molecule has 1 aromatic heterocycles. The average Bonchev–Trinajstić information content (AvgIpc) is 3.51. The molecule has 0 atom stereocenters. The molecule has 7 aromatic rings. The summed E-state index contributed by atoms with van der Waals surface area (Å²) in [6.07, 6.45) is 0.859. The molecular formula is C40H28O3. The van der Waals surface area contributed by atoms with Gasteiger partial charge in [0.15, 0.2) is 23.0 Å². The molecule has 1 aliphatic carbocycles. The monoisotopic (exact) mass is 556 g/mol. The van der Waals surface area contributed by atoms with E-state index in [-0.39, 0.29) is 5.41 Å². The van der Waals surface area contributed by atoms with Crippen LogP contribution in [-0.4, -0.2) is 0 Å². The maximum atomic E-state index is 6.19. The lowest BCUT2D eigenvalue weighted by molar-refractivity contribution is 0.360. The van der Waals surface area contributed by atoms with E-state index in [1.807, 2.05) is 42.5 Å². The summed E-state index contributed by atoms with van der Waals surface area (Å²) in [5.74, 6) is 2.97. The summed E-state index contributed by atoms with van der Waals surface area (Å²) in [4.78, 5) is 0. The highest BCUT2D eigenvalue weighted by Crippen LogP contribution is 2.51. The Morgan fingerprint density at radius 1 is 0.488 bits per heavy atom. The molecule has 43 heavy (non-hydrogen) atoms. The number of furan rings is 1. The van der Waals surface area contributed by atoms with Crippen molar-refractivity contribution >= 4 is 21.9 Å². The Bertz CT molecular complexity index is 2250. The molecule has 0 amide bonds. The molecule has 206 valence electrons. The molecule has 0 saturated carbocycles. The van der Waals surface area contributed by atoms with Crippen LogP contribution in [0.25, 0.3) is 44.2 Å². The molecule has 1 aliphatic heterocycles. The van der Waals surface area contributed by atoms with Crippen LogP contribution in [0.2, 0.25) is 0 Å². The van der Waals surface area contributed by atoms with Crippen LogP contribution in [-0.2, 0) is 11.8 Å². The first-order chi connectivity index (χ1) is 21.0. The van der Waals surface area contributed by atoms with Gasteiger partial charge in [-0.1, -0.05) is 92.7 Å². The highest BCUT2D eigenvalue weighted by Gasteiger charge is 2.36. The first-order valence-electron chi connectivity index (χ1n) is 14.8. The van der Waals surface area contributed by atoms with Crippen LogP contribution in [0, 0.1) is 0 Å². The summed E-state index contributed by atoms with van der Waals surface area (Å²) in [5, 5.41) is 2.34. The Hall–Kier alpha value is -5.28. The van der Waals surface area contributed by atoms with E-state index >= 15 is 0 Å². The first-order valence-corrected chi connectivity index (χ1v) is 14.8. The van der Waals surface area contributed by atoms with Gasteiger partial charge in [0, 0.05) is 16.2 Å². The summed E-state index contributed by atoms with van der Waals surface area (Å²) in [6, 6.07) is 42.7. The minimum absolute atomic E-state index is 0.119. The van der Waals surface area contributed by atoms with Gasteiger partial charge >= 0.3 is 0 Å². The molecule has 3 nitrogen and oxygen atoms in total. The van der Waals surface area contributed by atoms with Gasteiger partial charge in [0.25, 0.3) is 0 Å². The number of hydrogen-bond acceptors (Lipinski definition) is 3. The number of fused-ring (bicyclic) bond motifs is 8. The van der Waals surface area contributed by atoms with Crippen molar-refractivity contribution in [2.75, 3.05) is 0 Å². The van der Waals surface area contributed by atoms with E-state index in [4.69, 9.17) is 13.9 Å². The lowest BCUT2D eigenvalue weighted by Gasteiger charge is -2.23. The number of rotatable bonds is 3. The third kappa shape index (κ3) is 3.74. The summed E-state index contributed by atoms with van der Waals surface area (Å²) in [7, 11) is 0. The molecule has 0 spiro atoms. The SMILES string of the molecule is CC1(C)c2cc(Cc3ccc4c(c3)oc3ccccc34)ccc2-c2ccc(-c3ccc4c(c3)Oc3ccccc3O4)cc21. The summed E-state index contributed by atoms with van der Waals surface area (Å²) in [6.45, 7) is 4.68. The van der Waals surface area contributed by atoms with E-state index in [1.165, 1.54) is 49.7 Å². The summed E-state index contributed by atoms with van der Waals surface area (Å²) < 4.78 is 18.4. The Kier molecular flexibility index (Phi) is 5.01. The van der Waals surface area contributed by atoms with E-state index < -0.39 is 0 Å². The Balaban J connectivity index is 1.03. The van der Waals surface area contributed by atoms with Gasteiger partial charge in [-0.3, -0.25) is 0 Å². The predicted molar refractivity (Wildman–Crippen MR) is 173 cm³/mol. The minimum Gasteiger partial charge on any atom is -0.456 e.